The molecular weight excluding hydrogens is 438 g/mol. The van der Waals surface area contributed by atoms with Crippen molar-refractivity contribution in [3.8, 4) is 0 Å². The van der Waals surface area contributed by atoms with Crippen molar-refractivity contribution in [2.75, 3.05) is 24.2 Å². The number of nitrogens with zero attached hydrogens (tertiary/aromatic N) is 2. The van der Waals surface area contributed by atoms with Gasteiger partial charge in [-0.2, -0.15) is 0 Å². The van der Waals surface area contributed by atoms with Crippen LogP contribution in [0.2, 0.25) is 0 Å². The van der Waals surface area contributed by atoms with E-state index in [1.165, 1.54) is 10.6 Å². The minimum Gasteiger partial charge on any atom is -0.357 e. The first-order chi connectivity index (χ1) is 15.6. The number of benzene rings is 2. The van der Waals surface area contributed by atoms with E-state index in [4.69, 9.17) is 0 Å². The van der Waals surface area contributed by atoms with Crippen molar-refractivity contribution < 1.29 is 18.0 Å². The van der Waals surface area contributed by atoms with Crippen molar-refractivity contribution in [3.63, 3.8) is 0 Å². The molecule has 180 valence electrons. The predicted octanol–water partition coefficient (Wildman–Crippen LogP) is 3.40. The van der Waals surface area contributed by atoms with Crippen LogP contribution in [0.25, 0.3) is 0 Å². The zero-order valence-electron chi connectivity index (χ0n) is 20.2. The summed E-state index contributed by atoms with van der Waals surface area (Å²) in [5, 5.41) is 2.65. The molecule has 2 aromatic carbocycles. The van der Waals surface area contributed by atoms with Crippen molar-refractivity contribution in [1.29, 1.82) is 0 Å². The first-order valence-corrected chi connectivity index (χ1v) is 13.0. The second-order valence-electron chi connectivity index (χ2n) is 8.26. The Bertz CT molecular complexity index is 1070. The summed E-state index contributed by atoms with van der Waals surface area (Å²) in [6.45, 7) is 6.26. The lowest BCUT2D eigenvalue weighted by atomic mass is 10.1. The number of likely N-dealkylation sites (N-methyl/N-ethyl adjacent to an activating group) is 1. The lowest BCUT2D eigenvalue weighted by molar-refractivity contribution is -0.141. The fraction of sp³-hybridized carbons (Fsp3) is 0.440. The zero-order chi connectivity index (χ0) is 24.6. The van der Waals surface area contributed by atoms with E-state index >= 15 is 0 Å². The monoisotopic (exact) mass is 473 g/mol. The third-order valence-corrected chi connectivity index (χ3v) is 6.87. The second-order valence-corrected chi connectivity index (χ2v) is 10.2. The van der Waals surface area contributed by atoms with E-state index in [-0.39, 0.29) is 24.8 Å². The molecule has 1 N–H and O–H groups in total. The summed E-state index contributed by atoms with van der Waals surface area (Å²) >= 11 is 0. The van der Waals surface area contributed by atoms with E-state index in [1.807, 2.05) is 63.2 Å². The van der Waals surface area contributed by atoms with Gasteiger partial charge in [0, 0.05) is 26.6 Å². The Balaban J connectivity index is 2.20. The van der Waals surface area contributed by atoms with Crippen LogP contribution in [0.1, 0.15) is 42.9 Å². The molecule has 0 fully saturated rings. The van der Waals surface area contributed by atoms with Crippen LogP contribution in [0.4, 0.5) is 5.69 Å². The molecule has 7 nitrogen and oxygen atoms in total. The Morgan fingerprint density at radius 2 is 1.76 bits per heavy atom. The van der Waals surface area contributed by atoms with E-state index in [2.05, 4.69) is 5.32 Å². The Kier molecular flexibility index (Phi) is 9.46. The van der Waals surface area contributed by atoms with Gasteiger partial charge in [-0.3, -0.25) is 13.9 Å². The smallest absolute Gasteiger partial charge is 0.242 e. The highest BCUT2D eigenvalue weighted by molar-refractivity contribution is 7.92. The van der Waals surface area contributed by atoms with Crippen LogP contribution in [0, 0.1) is 13.8 Å². The molecule has 0 aromatic heterocycles. The van der Waals surface area contributed by atoms with Gasteiger partial charge in [-0.1, -0.05) is 43.3 Å². The van der Waals surface area contributed by atoms with Gasteiger partial charge in [-0.15, -0.1) is 0 Å². The highest BCUT2D eigenvalue weighted by atomic mass is 32.2. The maximum Gasteiger partial charge on any atom is 0.242 e. The van der Waals surface area contributed by atoms with E-state index in [1.54, 1.807) is 18.0 Å². The average molecular weight is 474 g/mol. The van der Waals surface area contributed by atoms with Crippen molar-refractivity contribution in [3.05, 3.63) is 65.2 Å². The zero-order valence-corrected chi connectivity index (χ0v) is 21.0. The molecule has 33 heavy (non-hydrogen) atoms. The number of hydrogen-bond donors (Lipinski definition) is 1. The number of carbonyl (C=O) groups is 2. The summed E-state index contributed by atoms with van der Waals surface area (Å²) in [6, 6.07) is 14.5. The van der Waals surface area contributed by atoms with Gasteiger partial charge in [0.2, 0.25) is 21.8 Å². The molecule has 0 bridgehead atoms. The quantitative estimate of drug-likeness (QED) is 0.542. The van der Waals surface area contributed by atoms with Crippen LogP contribution in [0.3, 0.4) is 0 Å². The van der Waals surface area contributed by atoms with Crippen LogP contribution in [0.15, 0.2) is 48.5 Å². The maximum atomic E-state index is 13.3. The number of rotatable bonds is 11. The molecule has 2 aromatic rings. The lowest BCUT2D eigenvalue weighted by Crippen LogP contribution is -2.48. The molecule has 0 aliphatic heterocycles. The molecule has 2 amide bonds. The second kappa shape index (κ2) is 11.8. The number of sulfonamides is 1. The largest absolute Gasteiger partial charge is 0.357 e. The topological polar surface area (TPSA) is 86.8 Å². The van der Waals surface area contributed by atoms with Crippen LogP contribution < -0.4 is 9.62 Å². The number of anilines is 1. The van der Waals surface area contributed by atoms with Crippen LogP contribution in [-0.4, -0.2) is 51.0 Å². The SMILES string of the molecule is CC[C@H](C(=O)NC)N(Cc1ccccc1C)C(=O)CCCN(c1cccc(C)c1)S(C)(=O)=O. The fourth-order valence-electron chi connectivity index (χ4n) is 3.84. The van der Waals surface area contributed by atoms with Gasteiger partial charge >= 0.3 is 0 Å². The number of aryl methyl sites for hydroxylation is 2. The highest BCUT2D eigenvalue weighted by Crippen LogP contribution is 2.21. The summed E-state index contributed by atoms with van der Waals surface area (Å²) in [5.74, 6) is -0.386. The standard InChI is InChI=1S/C25H35N3O4S/c1-6-23(25(30)26-4)27(18-21-13-8-7-12-20(21)3)24(29)15-10-16-28(33(5,31)32)22-14-9-11-19(2)17-22/h7-9,11-14,17,23H,6,10,15-16,18H2,1-5H3,(H,26,30)/t23-/m1/s1. The number of nitrogens with one attached hydrogen (secondary N) is 1. The van der Waals surface area contributed by atoms with Crippen LogP contribution in [0.5, 0.6) is 0 Å². The molecule has 1 atom stereocenters. The third-order valence-electron chi connectivity index (χ3n) is 5.68. The molecule has 0 aliphatic rings. The summed E-state index contributed by atoms with van der Waals surface area (Å²) in [6.07, 6.45) is 2.13. The minimum atomic E-state index is -3.50. The molecule has 0 radical (unpaired) electrons. The molecule has 2 rings (SSSR count). The summed E-state index contributed by atoms with van der Waals surface area (Å²) in [7, 11) is -1.94. The summed E-state index contributed by atoms with van der Waals surface area (Å²) in [5.41, 5.74) is 3.56. The van der Waals surface area contributed by atoms with Crippen molar-refractivity contribution in [1.82, 2.24) is 10.2 Å². The normalized spacial score (nSPS) is 12.2. The molecular formula is C25H35N3O4S. The Morgan fingerprint density at radius 3 is 2.33 bits per heavy atom. The van der Waals surface area contributed by atoms with E-state index in [9.17, 15) is 18.0 Å². The number of amides is 2. The molecule has 8 heteroatoms. The van der Waals surface area contributed by atoms with Crippen LogP contribution in [-0.2, 0) is 26.2 Å². The van der Waals surface area contributed by atoms with Gasteiger partial charge in [-0.25, -0.2) is 8.42 Å². The van der Waals surface area contributed by atoms with E-state index in [0.29, 0.717) is 25.1 Å². The first-order valence-electron chi connectivity index (χ1n) is 11.2. The fourth-order valence-corrected chi connectivity index (χ4v) is 4.80. The average Bonchev–Trinajstić information content (AvgIpc) is 2.76. The van der Waals surface area contributed by atoms with E-state index in [0.717, 1.165) is 16.7 Å². The Morgan fingerprint density at radius 1 is 1.06 bits per heavy atom. The third kappa shape index (κ3) is 7.32. The Labute approximate surface area is 197 Å². The molecule has 0 heterocycles. The number of carbonyl (C=O) groups excluding carboxylic acids is 2. The first kappa shape index (κ1) is 26.4. The molecule has 0 aliphatic carbocycles. The Hall–Kier alpha value is -2.87. The molecule has 0 spiro atoms. The van der Waals surface area contributed by atoms with Crippen molar-refractivity contribution in [2.24, 2.45) is 0 Å². The van der Waals surface area contributed by atoms with Crippen molar-refractivity contribution in [2.45, 2.75) is 52.6 Å². The molecule has 0 saturated heterocycles. The minimum absolute atomic E-state index is 0.136. The van der Waals surface area contributed by atoms with Gasteiger partial charge < -0.3 is 10.2 Å². The van der Waals surface area contributed by atoms with Gasteiger partial charge in [0.25, 0.3) is 0 Å². The highest BCUT2D eigenvalue weighted by Gasteiger charge is 2.28. The van der Waals surface area contributed by atoms with Crippen molar-refractivity contribution >= 4 is 27.5 Å². The molecule has 0 unspecified atom stereocenters. The van der Waals surface area contributed by atoms with Gasteiger partial charge in [0.15, 0.2) is 0 Å². The van der Waals surface area contributed by atoms with Gasteiger partial charge in [0.05, 0.1) is 11.9 Å². The van der Waals surface area contributed by atoms with Crippen LogP contribution >= 0.6 is 0 Å². The van der Waals surface area contributed by atoms with E-state index < -0.39 is 16.1 Å². The van der Waals surface area contributed by atoms with Gasteiger partial charge in [-0.05, 0) is 55.5 Å². The van der Waals surface area contributed by atoms with Gasteiger partial charge in [0.1, 0.15) is 6.04 Å². The number of hydrogen-bond acceptors (Lipinski definition) is 4. The lowest BCUT2D eigenvalue weighted by Gasteiger charge is -2.31. The maximum absolute atomic E-state index is 13.3. The predicted molar refractivity (Wildman–Crippen MR) is 132 cm³/mol. The summed E-state index contributed by atoms with van der Waals surface area (Å²) < 4.78 is 26.1. The molecule has 0 saturated carbocycles. The summed E-state index contributed by atoms with van der Waals surface area (Å²) in [4.78, 5) is 27.4.